The van der Waals surface area contributed by atoms with Gasteiger partial charge in [0.25, 0.3) is 0 Å². The summed E-state index contributed by atoms with van der Waals surface area (Å²) in [7, 11) is 0. The lowest BCUT2D eigenvalue weighted by Gasteiger charge is -2.21. The normalized spacial score (nSPS) is 10.5. The van der Waals surface area contributed by atoms with Gasteiger partial charge < -0.3 is 15.7 Å². The lowest BCUT2D eigenvalue weighted by atomic mass is 10.2. The van der Waals surface area contributed by atoms with Gasteiger partial charge in [-0.05, 0) is 32.0 Å². The van der Waals surface area contributed by atoms with Gasteiger partial charge in [0.2, 0.25) is 5.95 Å². The highest BCUT2D eigenvalue weighted by molar-refractivity contribution is 5.59. The molecule has 19 heavy (non-hydrogen) atoms. The number of nitrogens with two attached hydrogens (primary N) is 1. The number of phenolic OH excluding ortho intramolecular Hbond substituents is 1. The summed E-state index contributed by atoms with van der Waals surface area (Å²) in [5, 5.41) is 9.57. The number of benzene rings is 1. The topological polar surface area (TPSA) is 75.3 Å². The quantitative estimate of drug-likeness (QED) is 0.878. The van der Waals surface area contributed by atoms with E-state index in [1.807, 2.05) is 30.9 Å². The van der Waals surface area contributed by atoms with E-state index in [2.05, 4.69) is 9.97 Å². The first-order valence-corrected chi connectivity index (χ1v) is 6.25. The van der Waals surface area contributed by atoms with Crippen LogP contribution in [-0.4, -0.2) is 21.6 Å². The first kappa shape index (κ1) is 13.3. The highest BCUT2D eigenvalue weighted by Crippen LogP contribution is 2.25. The monoisotopic (exact) mass is 258 g/mol. The average molecular weight is 258 g/mol. The first-order chi connectivity index (χ1) is 9.13. The number of aromatic hydroxyl groups is 1. The summed E-state index contributed by atoms with van der Waals surface area (Å²) in [6, 6.07) is 8.92. The zero-order chi connectivity index (χ0) is 13.8. The number of anilines is 2. The van der Waals surface area contributed by atoms with Crippen LogP contribution in [0.1, 0.15) is 18.3 Å². The fraction of sp³-hybridized carbons (Fsp3) is 0.286. The predicted octanol–water partition coefficient (Wildman–Crippen LogP) is 2.11. The standard InChI is InChI=1S/C14H18N4O/c1-3-18(12-5-4-6-13(19)8-12)14-16-10(2)7-11(9-15)17-14/h4-8,19H,3,9,15H2,1-2H3. The Bertz CT molecular complexity index is 571. The van der Waals surface area contributed by atoms with Gasteiger partial charge in [-0.1, -0.05) is 6.07 Å². The maximum Gasteiger partial charge on any atom is 0.230 e. The van der Waals surface area contributed by atoms with Crippen molar-refractivity contribution in [3.05, 3.63) is 41.7 Å². The molecule has 0 fully saturated rings. The predicted molar refractivity (Wildman–Crippen MR) is 75.4 cm³/mol. The maximum atomic E-state index is 9.57. The molecule has 1 heterocycles. The van der Waals surface area contributed by atoms with Crippen LogP contribution in [0.25, 0.3) is 0 Å². The molecule has 0 amide bonds. The number of nitrogens with zero attached hydrogens (tertiary/aromatic N) is 3. The molecule has 1 aromatic heterocycles. The van der Waals surface area contributed by atoms with Gasteiger partial charge in [-0.25, -0.2) is 9.97 Å². The fourth-order valence-electron chi connectivity index (χ4n) is 1.94. The van der Waals surface area contributed by atoms with Crippen LogP contribution in [0.15, 0.2) is 30.3 Å². The van der Waals surface area contributed by atoms with E-state index in [1.54, 1.807) is 18.2 Å². The van der Waals surface area contributed by atoms with Crippen LogP contribution in [0.5, 0.6) is 5.75 Å². The SMILES string of the molecule is CCN(c1cccc(O)c1)c1nc(C)cc(CN)n1. The number of phenols is 1. The van der Waals surface area contributed by atoms with Crippen LogP contribution < -0.4 is 10.6 Å². The molecule has 0 saturated carbocycles. The molecule has 0 aliphatic heterocycles. The van der Waals surface area contributed by atoms with Crippen molar-refractivity contribution < 1.29 is 5.11 Å². The third-order valence-corrected chi connectivity index (χ3v) is 2.80. The molecule has 2 aromatic rings. The van der Waals surface area contributed by atoms with Crippen molar-refractivity contribution in [2.45, 2.75) is 20.4 Å². The fourth-order valence-corrected chi connectivity index (χ4v) is 1.94. The van der Waals surface area contributed by atoms with E-state index in [-0.39, 0.29) is 5.75 Å². The van der Waals surface area contributed by atoms with Crippen LogP contribution in [0, 0.1) is 6.92 Å². The van der Waals surface area contributed by atoms with E-state index in [0.29, 0.717) is 19.0 Å². The molecule has 3 N–H and O–H groups in total. The maximum absolute atomic E-state index is 9.57. The molecule has 0 spiro atoms. The van der Waals surface area contributed by atoms with E-state index in [0.717, 1.165) is 17.1 Å². The lowest BCUT2D eigenvalue weighted by molar-refractivity contribution is 0.475. The number of hydrogen-bond acceptors (Lipinski definition) is 5. The van der Waals surface area contributed by atoms with Crippen LogP contribution in [-0.2, 0) is 6.54 Å². The summed E-state index contributed by atoms with van der Waals surface area (Å²) in [6.45, 7) is 5.02. The molecule has 0 atom stereocenters. The van der Waals surface area contributed by atoms with Gasteiger partial charge in [0.15, 0.2) is 0 Å². The molecule has 1 aromatic carbocycles. The Kier molecular flexibility index (Phi) is 3.97. The van der Waals surface area contributed by atoms with Gasteiger partial charge >= 0.3 is 0 Å². The van der Waals surface area contributed by atoms with Gasteiger partial charge in [-0.3, -0.25) is 0 Å². The third kappa shape index (κ3) is 3.00. The first-order valence-electron chi connectivity index (χ1n) is 6.25. The minimum absolute atomic E-state index is 0.225. The largest absolute Gasteiger partial charge is 0.508 e. The second-order valence-electron chi connectivity index (χ2n) is 4.27. The molecule has 0 aliphatic carbocycles. The van der Waals surface area contributed by atoms with Crippen LogP contribution in [0.3, 0.4) is 0 Å². The Morgan fingerprint density at radius 2 is 2.05 bits per heavy atom. The molecule has 0 bridgehead atoms. The minimum atomic E-state index is 0.225. The van der Waals surface area contributed by atoms with Gasteiger partial charge in [-0.15, -0.1) is 0 Å². The molecule has 100 valence electrons. The summed E-state index contributed by atoms with van der Waals surface area (Å²) in [6.07, 6.45) is 0. The van der Waals surface area contributed by atoms with Crippen molar-refractivity contribution in [1.29, 1.82) is 0 Å². The molecule has 5 heteroatoms. The van der Waals surface area contributed by atoms with Crippen molar-refractivity contribution in [3.8, 4) is 5.75 Å². The summed E-state index contributed by atoms with van der Waals surface area (Å²) in [5.74, 6) is 0.830. The highest BCUT2D eigenvalue weighted by Gasteiger charge is 2.12. The van der Waals surface area contributed by atoms with Gasteiger partial charge in [-0.2, -0.15) is 0 Å². The second kappa shape index (κ2) is 5.67. The zero-order valence-corrected chi connectivity index (χ0v) is 11.2. The summed E-state index contributed by atoms with van der Waals surface area (Å²) < 4.78 is 0. The number of aromatic nitrogens is 2. The van der Waals surface area contributed by atoms with E-state index in [4.69, 9.17) is 5.73 Å². The Morgan fingerprint density at radius 3 is 2.68 bits per heavy atom. The Labute approximate surface area is 112 Å². The summed E-state index contributed by atoms with van der Waals surface area (Å²) in [5.41, 5.74) is 8.19. The van der Waals surface area contributed by atoms with Crippen molar-refractivity contribution in [2.75, 3.05) is 11.4 Å². The molecule has 0 aliphatic rings. The van der Waals surface area contributed by atoms with Gasteiger partial charge in [0, 0.05) is 30.5 Å². The van der Waals surface area contributed by atoms with Crippen molar-refractivity contribution in [2.24, 2.45) is 5.73 Å². The zero-order valence-electron chi connectivity index (χ0n) is 11.2. The third-order valence-electron chi connectivity index (χ3n) is 2.80. The number of hydrogen-bond donors (Lipinski definition) is 2. The van der Waals surface area contributed by atoms with Crippen molar-refractivity contribution in [3.63, 3.8) is 0 Å². The van der Waals surface area contributed by atoms with Gasteiger partial charge in [0.05, 0.1) is 5.69 Å². The highest BCUT2D eigenvalue weighted by atomic mass is 16.3. The Balaban J connectivity index is 2.44. The molecule has 0 saturated heterocycles. The van der Waals surface area contributed by atoms with Crippen molar-refractivity contribution >= 4 is 11.6 Å². The lowest BCUT2D eigenvalue weighted by Crippen LogP contribution is -2.20. The Morgan fingerprint density at radius 1 is 1.26 bits per heavy atom. The molecule has 0 radical (unpaired) electrons. The number of aryl methyl sites for hydroxylation is 1. The smallest absolute Gasteiger partial charge is 0.230 e. The molecule has 0 unspecified atom stereocenters. The van der Waals surface area contributed by atoms with Crippen LogP contribution >= 0.6 is 0 Å². The van der Waals surface area contributed by atoms with Crippen molar-refractivity contribution in [1.82, 2.24) is 9.97 Å². The average Bonchev–Trinajstić information content (AvgIpc) is 2.39. The summed E-state index contributed by atoms with van der Waals surface area (Å²) >= 11 is 0. The Hall–Kier alpha value is -2.14. The molecule has 2 rings (SSSR count). The number of rotatable bonds is 4. The van der Waals surface area contributed by atoms with E-state index < -0.39 is 0 Å². The van der Waals surface area contributed by atoms with E-state index in [1.165, 1.54) is 0 Å². The summed E-state index contributed by atoms with van der Waals surface area (Å²) in [4.78, 5) is 10.8. The van der Waals surface area contributed by atoms with E-state index >= 15 is 0 Å². The van der Waals surface area contributed by atoms with Gasteiger partial charge in [0.1, 0.15) is 5.75 Å². The second-order valence-corrected chi connectivity index (χ2v) is 4.27. The molecule has 5 nitrogen and oxygen atoms in total. The van der Waals surface area contributed by atoms with E-state index in [9.17, 15) is 5.11 Å². The minimum Gasteiger partial charge on any atom is -0.508 e. The van der Waals surface area contributed by atoms with Crippen LogP contribution in [0.4, 0.5) is 11.6 Å². The van der Waals surface area contributed by atoms with Crippen LogP contribution in [0.2, 0.25) is 0 Å². The molecular formula is C14H18N4O. The molecular weight excluding hydrogens is 240 g/mol.